The van der Waals surface area contributed by atoms with Crippen molar-refractivity contribution in [1.82, 2.24) is 0 Å². The van der Waals surface area contributed by atoms with Crippen LogP contribution in [0.3, 0.4) is 0 Å². The van der Waals surface area contributed by atoms with Gasteiger partial charge in [-0.2, -0.15) is 0 Å². The number of aryl methyl sites for hydroxylation is 6. The van der Waals surface area contributed by atoms with Gasteiger partial charge < -0.3 is 0 Å². The van der Waals surface area contributed by atoms with E-state index in [1.165, 1.54) is 66.0 Å². The van der Waals surface area contributed by atoms with Crippen LogP contribution in [0.15, 0.2) is 93.8 Å². The van der Waals surface area contributed by atoms with Gasteiger partial charge in [-0.3, -0.25) is 0 Å². The first-order valence-electron chi connectivity index (χ1n) is 22.6. The Balaban J connectivity index is 1.45. The fourth-order valence-electron chi connectivity index (χ4n) is 10.3. The van der Waals surface area contributed by atoms with E-state index in [9.17, 15) is 0 Å². The summed E-state index contributed by atoms with van der Waals surface area (Å²) < 4.78 is 13.1. The molecule has 0 radical (unpaired) electrons. The second kappa shape index (κ2) is 16.2. The van der Waals surface area contributed by atoms with Gasteiger partial charge in [0, 0.05) is 0 Å². The predicted molar refractivity (Wildman–Crippen MR) is 275 cm³/mol. The summed E-state index contributed by atoms with van der Waals surface area (Å²) >= 11 is -5.46. The molecule has 2 aromatic heterocycles. The number of hydrogen-bond acceptors (Lipinski definition) is 2. The van der Waals surface area contributed by atoms with Gasteiger partial charge >= 0.3 is 385 Å². The number of allylic oxidation sites excluding steroid dienone is 2. The number of benzene rings is 4. The maximum atomic E-state index is 9.13. The average Bonchev–Trinajstić information content (AvgIpc) is 3.99. The second-order valence-electron chi connectivity index (χ2n) is 20.5. The van der Waals surface area contributed by atoms with Crippen LogP contribution in [0.4, 0.5) is 0 Å². The molecule has 8 rings (SSSR count). The van der Waals surface area contributed by atoms with E-state index in [1.807, 2.05) is 0 Å². The summed E-state index contributed by atoms with van der Waals surface area (Å²) in [5.74, 6) is 3.61. The molecule has 2 aliphatic rings. The normalized spacial score (nSPS) is 16.7. The Morgan fingerprint density at radius 1 is 0.548 bits per heavy atom. The molecule has 0 saturated carbocycles. The summed E-state index contributed by atoms with van der Waals surface area (Å²) in [5, 5.41) is 2.92. The molecule has 62 heavy (non-hydrogen) atoms. The Morgan fingerprint density at radius 2 is 0.903 bits per heavy atom. The summed E-state index contributed by atoms with van der Waals surface area (Å²) in [5.41, 5.74) is 15.7. The van der Waals surface area contributed by atoms with Gasteiger partial charge in [-0.25, -0.2) is 0 Å². The number of hydrogen-bond donors (Lipinski definition) is 0. The van der Waals surface area contributed by atoms with Crippen molar-refractivity contribution in [3.05, 3.63) is 152 Å². The Labute approximate surface area is 381 Å². The molecule has 2 heterocycles. The standard InChI is InChI=1S/2C26H29OSi.C2H6Si.2ClH.Zr/c2*1-7-19-8-9-21-15-22(25-14-17(2)18(3)27-25)16-24(21)26(19)20-10-12-23(13-11-20)28(4,5)6;1-3-2;;;/h2*8-16H,7H2,1-6H3;1-2H3;2*1H;/q;;;;;+2/p-2. The van der Waals surface area contributed by atoms with Crippen molar-refractivity contribution >= 4 is 72.3 Å². The second-order valence-corrected chi connectivity index (χ2v) is 69.4. The van der Waals surface area contributed by atoms with E-state index in [0.717, 1.165) is 58.2 Å². The molecule has 0 saturated heterocycles. The van der Waals surface area contributed by atoms with Crippen LogP contribution >= 0.6 is 17.0 Å². The Bertz CT molecular complexity index is 2670. The van der Waals surface area contributed by atoms with Gasteiger partial charge in [-0.15, -0.1) is 0 Å². The van der Waals surface area contributed by atoms with E-state index in [1.54, 1.807) is 0 Å². The molecule has 8 heteroatoms. The predicted octanol–water partition coefficient (Wildman–Crippen LogP) is 15.8. The molecule has 6 aromatic rings. The van der Waals surface area contributed by atoms with Crippen LogP contribution in [0.2, 0.25) is 52.4 Å². The molecular weight excluding hydrogens is 927 g/mol. The first-order chi connectivity index (χ1) is 29.1. The maximum absolute atomic E-state index is 9.13. The van der Waals surface area contributed by atoms with Crippen molar-refractivity contribution in [2.45, 2.75) is 114 Å². The molecule has 4 aromatic carbocycles. The molecule has 322 valence electrons. The van der Waals surface area contributed by atoms with Crippen LogP contribution in [0.5, 0.6) is 0 Å². The molecule has 2 aliphatic carbocycles. The van der Waals surface area contributed by atoms with E-state index in [4.69, 9.17) is 25.9 Å². The van der Waals surface area contributed by atoms with Crippen molar-refractivity contribution in [3.63, 3.8) is 0 Å². The average molecular weight is 991 g/mol. The zero-order valence-corrected chi connectivity index (χ0v) is 46.3. The Kier molecular flexibility index (Phi) is 11.9. The number of fused-ring (bicyclic) bond motifs is 2. The molecule has 2 nitrogen and oxygen atoms in total. The third kappa shape index (κ3) is 7.45. The van der Waals surface area contributed by atoms with Crippen LogP contribution in [0.1, 0.15) is 88.6 Å². The first-order valence-corrected chi connectivity index (χ1v) is 44.9. The van der Waals surface area contributed by atoms with Crippen molar-refractivity contribution < 1.29 is 23.8 Å². The van der Waals surface area contributed by atoms with E-state index in [-0.39, 0.29) is 7.25 Å². The fraction of sp³-hybridized carbons (Fsp3) is 0.333. The molecule has 0 N–H and O–H groups in total. The molecule has 0 aliphatic heterocycles. The van der Waals surface area contributed by atoms with E-state index in [2.05, 4.69) is 191 Å². The van der Waals surface area contributed by atoms with E-state index in [0.29, 0.717) is 0 Å². The van der Waals surface area contributed by atoms with Crippen LogP contribution < -0.4 is 10.4 Å². The van der Waals surface area contributed by atoms with Crippen LogP contribution in [0, 0.1) is 27.7 Å². The zero-order valence-electron chi connectivity index (χ0n) is 39.4. The molecule has 2 atom stereocenters. The van der Waals surface area contributed by atoms with Gasteiger partial charge in [0.05, 0.1) is 0 Å². The van der Waals surface area contributed by atoms with Gasteiger partial charge in [-0.05, 0) is 0 Å². The molecule has 0 spiro atoms. The van der Waals surface area contributed by atoms with Gasteiger partial charge in [0.2, 0.25) is 0 Å². The quantitative estimate of drug-likeness (QED) is 0.128. The Hall–Kier alpha value is -2.97. The number of rotatable bonds is 10. The zero-order chi connectivity index (χ0) is 44.9. The van der Waals surface area contributed by atoms with Gasteiger partial charge in [0.1, 0.15) is 0 Å². The molecule has 0 fully saturated rings. The Morgan fingerprint density at radius 3 is 1.18 bits per heavy atom. The van der Waals surface area contributed by atoms with Crippen LogP contribution in [-0.4, -0.2) is 21.6 Å². The molecule has 0 amide bonds. The molecular formula is C54H64Cl2O2Si3Zr. The minimum atomic E-state index is -5.46. The molecule has 0 bridgehead atoms. The monoisotopic (exact) mass is 988 g/mol. The van der Waals surface area contributed by atoms with Gasteiger partial charge in [-0.1, -0.05) is 0 Å². The molecule has 2 unspecified atom stereocenters. The minimum absolute atomic E-state index is 0.226. The topological polar surface area (TPSA) is 26.3 Å². The van der Waals surface area contributed by atoms with Gasteiger partial charge in [0.25, 0.3) is 0 Å². The van der Waals surface area contributed by atoms with Crippen molar-refractivity contribution in [1.29, 1.82) is 0 Å². The number of furan rings is 2. The summed E-state index contributed by atoms with van der Waals surface area (Å²) in [6.07, 6.45) is 6.68. The summed E-state index contributed by atoms with van der Waals surface area (Å²) in [4.78, 5) is 0. The van der Waals surface area contributed by atoms with E-state index >= 15 is 0 Å². The van der Waals surface area contributed by atoms with Crippen molar-refractivity contribution in [2.24, 2.45) is 0 Å². The number of halogens is 2. The third-order valence-corrected chi connectivity index (χ3v) is 64.7. The third-order valence-electron chi connectivity index (χ3n) is 14.3. The van der Waals surface area contributed by atoms with E-state index < -0.39 is 36.6 Å². The first kappa shape index (κ1) is 45.6. The van der Waals surface area contributed by atoms with Crippen molar-refractivity contribution in [3.8, 4) is 22.3 Å². The van der Waals surface area contributed by atoms with Crippen LogP contribution in [-0.2, 0) is 27.9 Å². The van der Waals surface area contributed by atoms with Crippen LogP contribution in [0.25, 0.3) is 45.6 Å². The SMILES string of the molecule is CCc1ccc2c(c1-c1ccc([Si](C)(C)C)cc1)C=C(c1cc(C)c(C)o1)[CH]2[Zr]([Cl])([Cl])([CH]1C(c2cc(C)c(C)o2)=Cc2c1ccc(CC)c2-c1ccc([Si](C)(C)C)cc1)=[Si](C)C. The summed E-state index contributed by atoms with van der Waals surface area (Å²) in [7, 11) is 15.3. The fourth-order valence-corrected chi connectivity index (χ4v) is 40.3. The summed E-state index contributed by atoms with van der Waals surface area (Å²) in [6.45, 7) is 32.2. The summed E-state index contributed by atoms with van der Waals surface area (Å²) in [6, 6.07) is 32.8. The van der Waals surface area contributed by atoms with Crippen molar-refractivity contribution in [2.75, 3.05) is 0 Å². The van der Waals surface area contributed by atoms with Gasteiger partial charge in [0.15, 0.2) is 0 Å².